The summed E-state index contributed by atoms with van der Waals surface area (Å²) in [5.41, 5.74) is 0.508. The number of aromatic hydroxyl groups is 2. The Bertz CT molecular complexity index is 825. The lowest BCUT2D eigenvalue weighted by Crippen LogP contribution is -2.01. The van der Waals surface area contributed by atoms with Gasteiger partial charge in [-0.1, -0.05) is 35.5 Å². The number of benzene rings is 2. The van der Waals surface area contributed by atoms with Crippen molar-refractivity contribution in [1.82, 2.24) is 5.16 Å². The average Bonchev–Trinajstić information content (AvgIpc) is 3.04. The van der Waals surface area contributed by atoms with E-state index in [2.05, 4.69) is 5.16 Å². The Morgan fingerprint density at radius 1 is 1.05 bits per heavy atom. The maximum Gasteiger partial charge on any atom is 0.336 e. The maximum absolute atomic E-state index is 11.5. The van der Waals surface area contributed by atoms with Crippen LogP contribution in [0.3, 0.4) is 0 Å². The number of hydrogen-bond donors (Lipinski definition) is 3. The zero-order valence-electron chi connectivity index (χ0n) is 11.2. The Morgan fingerprint density at radius 2 is 1.77 bits per heavy atom. The van der Waals surface area contributed by atoms with E-state index in [-0.39, 0.29) is 22.5 Å². The molecule has 2 aromatic carbocycles. The molecule has 0 unspecified atom stereocenters. The van der Waals surface area contributed by atoms with Crippen LogP contribution in [0.5, 0.6) is 11.5 Å². The van der Waals surface area contributed by atoms with Gasteiger partial charge in [0.2, 0.25) is 0 Å². The summed E-state index contributed by atoms with van der Waals surface area (Å²) in [6.07, 6.45) is 1.32. The summed E-state index contributed by atoms with van der Waals surface area (Å²) in [5.74, 6) is -2.17. The minimum atomic E-state index is -1.25. The van der Waals surface area contributed by atoms with Gasteiger partial charge in [0.25, 0.3) is 0 Å². The van der Waals surface area contributed by atoms with Crippen LogP contribution in [0.4, 0.5) is 0 Å². The Morgan fingerprint density at radius 3 is 2.36 bits per heavy atom. The van der Waals surface area contributed by atoms with E-state index in [1.54, 1.807) is 30.3 Å². The molecule has 3 rings (SSSR count). The summed E-state index contributed by atoms with van der Waals surface area (Å²) in [6.45, 7) is 0. The molecule has 1 aromatic heterocycles. The van der Waals surface area contributed by atoms with Gasteiger partial charge in [-0.05, 0) is 11.6 Å². The van der Waals surface area contributed by atoms with Crippen molar-refractivity contribution in [2.24, 2.45) is 0 Å². The van der Waals surface area contributed by atoms with E-state index in [9.17, 15) is 20.1 Å². The lowest BCUT2D eigenvalue weighted by Gasteiger charge is -2.12. The van der Waals surface area contributed by atoms with Crippen molar-refractivity contribution < 1.29 is 24.6 Å². The first kappa shape index (κ1) is 13.7. The van der Waals surface area contributed by atoms with E-state index in [0.717, 1.165) is 0 Å². The number of aromatic nitrogens is 1. The SMILES string of the molecule is O=C(O)c1cc(-c2ccccc2)c(O)c(O)c1-c1ccno1. The highest BCUT2D eigenvalue weighted by atomic mass is 16.5. The van der Waals surface area contributed by atoms with E-state index in [0.29, 0.717) is 5.56 Å². The van der Waals surface area contributed by atoms with Gasteiger partial charge in [-0.3, -0.25) is 0 Å². The molecule has 0 saturated heterocycles. The number of carboxylic acid groups (broad SMARTS) is 1. The summed E-state index contributed by atoms with van der Waals surface area (Å²) in [7, 11) is 0. The molecule has 0 saturated carbocycles. The van der Waals surface area contributed by atoms with Crippen molar-refractivity contribution in [2.45, 2.75) is 0 Å². The summed E-state index contributed by atoms with van der Waals surface area (Å²) >= 11 is 0. The molecule has 0 fully saturated rings. The fourth-order valence-corrected chi connectivity index (χ4v) is 2.26. The third kappa shape index (κ3) is 2.16. The first-order valence-electron chi connectivity index (χ1n) is 6.38. The number of hydrogen-bond acceptors (Lipinski definition) is 5. The van der Waals surface area contributed by atoms with Crippen molar-refractivity contribution in [3.8, 4) is 33.9 Å². The van der Waals surface area contributed by atoms with Gasteiger partial charge in [0.15, 0.2) is 17.3 Å². The first-order chi connectivity index (χ1) is 10.6. The molecule has 0 aliphatic carbocycles. The molecule has 22 heavy (non-hydrogen) atoms. The van der Waals surface area contributed by atoms with Crippen LogP contribution in [0.1, 0.15) is 10.4 Å². The number of phenols is 2. The van der Waals surface area contributed by atoms with Gasteiger partial charge in [0, 0.05) is 11.6 Å². The van der Waals surface area contributed by atoms with Gasteiger partial charge >= 0.3 is 5.97 Å². The van der Waals surface area contributed by atoms with Gasteiger partial charge in [0.1, 0.15) is 0 Å². The second kappa shape index (κ2) is 5.25. The van der Waals surface area contributed by atoms with Crippen molar-refractivity contribution in [2.75, 3.05) is 0 Å². The fourth-order valence-electron chi connectivity index (χ4n) is 2.26. The van der Waals surface area contributed by atoms with Crippen LogP contribution in [0.25, 0.3) is 22.5 Å². The zero-order valence-corrected chi connectivity index (χ0v) is 11.2. The molecule has 0 amide bonds. The standard InChI is InChI=1S/C16H11NO5/c18-14-10(9-4-2-1-3-5-9)8-11(16(20)21)13(15(14)19)12-6-7-17-22-12/h1-8,18-19H,(H,20,21). The van der Waals surface area contributed by atoms with Crippen molar-refractivity contribution in [3.63, 3.8) is 0 Å². The van der Waals surface area contributed by atoms with Crippen LogP contribution in [0.15, 0.2) is 53.2 Å². The van der Waals surface area contributed by atoms with Crippen LogP contribution < -0.4 is 0 Å². The van der Waals surface area contributed by atoms with Crippen LogP contribution in [-0.2, 0) is 0 Å². The zero-order chi connectivity index (χ0) is 15.7. The second-order valence-corrected chi connectivity index (χ2v) is 4.59. The number of aromatic carboxylic acids is 1. The highest BCUT2D eigenvalue weighted by molar-refractivity contribution is 6.00. The summed E-state index contributed by atoms with van der Waals surface area (Å²) in [5, 5.41) is 33.4. The summed E-state index contributed by atoms with van der Waals surface area (Å²) < 4.78 is 4.91. The molecule has 3 N–H and O–H groups in total. The molecule has 0 aliphatic heterocycles. The number of phenolic OH excluding ortho intramolecular Hbond substituents is 2. The van der Waals surface area contributed by atoms with Gasteiger partial charge in [0.05, 0.1) is 17.3 Å². The largest absolute Gasteiger partial charge is 0.504 e. The second-order valence-electron chi connectivity index (χ2n) is 4.59. The minimum Gasteiger partial charge on any atom is -0.504 e. The highest BCUT2D eigenvalue weighted by Crippen LogP contribution is 2.45. The Hall–Kier alpha value is -3.28. The Balaban J connectivity index is 2.31. The van der Waals surface area contributed by atoms with Gasteiger partial charge in [-0.2, -0.15) is 0 Å². The predicted octanol–water partition coefficient (Wildman–Crippen LogP) is 3.12. The molecule has 110 valence electrons. The molecular weight excluding hydrogens is 286 g/mol. The molecule has 1 heterocycles. The minimum absolute atomic E-state index is 0.0600. The molecule has 0 radical (unpaired) electrons. The summed E-state index contributed by atoms with van der Waals surface area (Å²) in [6, 6.07) is 11.4. The molecule has 0 bridgehead atoms. The fraction of sp³-hybridized carbons (Fsp3) is 0. The molecule has 6 nitrogen and oxygen atoms in total. The number of carboxylic acids is 1. The molecular formula is C16H11NO5. The van der Waals surface area contributed by atoms with Gasteiger partial charge in [-0.15, -0.1) is 0 Å². The van der Waals surface area contributed by atoms with E-state index < -0.39 is 17.5 Å². The van der Waals surface area contributed by atoms with E-state index in [1.165, 1.54) is 18.3 Å². The van der Waals surface area contributed by atoms with E-state index >= 15 is 0 Å². The maximum atomic E-state index is 11.5. The topological polar surface area (TPSA) is 104 Å². The van der Waals surface area contributed by atoms with E-state index in [1.807, 2.05) is 0 Å². The normalized spacial score (nSPS) is 10.5. The third-order valence-corrected chi connectivity index (χ3v) is 3.27. The van der Waals surface area contributed by atoms with Crippen molar-refractivity contribution in [3.05, 3.63) is 54.2 Å². The highest BCUT2D eigenvalue weighted by Gasteiger charge is 2.25. The number of rotatable bonds is 3. The summed E-state index contributed by atoms with van der Waals surface area (Å²) in [4.78, 5) is 11.5. The smallest absolute Gasteiger partial charge is 0.336 e. The molecule has 0 aliphatic rings. The lowest BCUT2D eigenvalue weighted by atomic mass is 9.95. The monoisotopic (exact) mass is 297 g/mol. The van der Waals surface area contributed by atoms with Crippen LogP contribution in [0.2, 0.25) is 0 Å². The van der Waals surface area contributed by atoms with E-state index in [4.69, 9.17) is 4.52 Å². The Kier molecular flexibility index (Phi) is 3.27. The number of carbonyl (C=O) groups is 1. The molecule has 0 spiro atoms. The first-order valence-corrected chi connectivity index (χ1v) is 6.38. The molecule has 0 atom stereocenters. The van der Waals surface area contributed by atoms with Crippen LogP contribution in [0, 0.1) is 0 Å². The quantitative estimate of drug-likeness (QED) is 0.642. The predicted molar refractivity (Wildman–Crippen MR) is 77.7 cm³/mol. The molecule has 3 aromatic rings. The number of nitrogens with zero attached hydrogens (tertiary/aromatic N) is 1. The van der Waals surface area contributed by atoms with Gasteiger partial charge < -0.3 is 19.8 Å². The van der Waals surface area contributed by atoms with Crippen LogP contribution in [-0.4, -0.2) is 26.4 Å². The van der Waals surface area contributed by atoms with Crippen LogP contribution >= 0.6 is 0 Å². The lowest BCUT2D eigenvalue weighted by molar-refractivity contribution is 0.0697. The Labute approximate surface area is 124 Å². The van der Waals surface area contributed by atoms with Gasteiger partial charge in [-0.25, -0.2) is 4.79 Å². The average molecular weight is 297 g/mol. The van der Waals surface area contributed by atoms with Crippen molar-refractivity contribution >= 4 is 5.97 Å². The third-order valence-electron chi connectivity index (χ3n) is 3.27. The molecule has 6 heteroatoms. The van der Waals surface area contributed by atoms with Crippen molar-refractivity contribution in [1.29, 1.82) is 0 Å².